The van der Waals surface area contributed by atoms with E-state index in [0.717, 1.165) is 5.92 Å². The highest BCUT2D eigenvalue weighted by atomic mass is 35.5. The van der Waals surface area contributed by atoms with E-state index in [4.69, 9.17) is 0 Å². The molecule has 4 rings (SSSR count). The molecule has 2 aliphatic rings. The van der Waals surface area contributed by atoms with Crippen LogP contribution in [-0.2, 0) is 0 Å². The minimum Gasteiger partial charge on any atom is -0.302 e. The van der Waals surface area contributed by atoms with E-state index in [9.17, 15) is 0 Å². The predicted octanol–water partition coefficient (Wildman–Crippen LogP) is 4.92. The standard InChI is InChI=1S/C21H25N.ClH/c1-14-13-22(3)21-15(2)20(16-9-5-4-6-10-16)18-12-8-7-11-17(18)19(14)21;/h4-12,14-15,19-21H,13H2,1-3H3;1H. The first-order valence-corrected chi connectivity index (χ1v) is 8.52. The summed E-state index contributed by atoms with van der Waals surface area (Å²) < 4.78 is 0. The van der Waals surface area contributed by atoms with Crippen molar-refractivity contribution in [3.05, 3.63) is 71.3 Å². The lowest BCUT2D eigenvalue weighted by molar-refractivity contribution is 0.198. The van der Waals surface area contributed by atoms with Crippen LogP contribution in [0.4, 0.5) is 0 Å². The molecule has 0 radical (unpaired) electrons. The maximum absolute atomic E-state index is 2.60. The summed E-state index contributed by atoms with van der Waals surface area (Å²) in [6.07, 6.45) is 0. The highest BCUT2D eigenvalue weighted by Gasteiger charge is 2.48. The third-order valence-electron chi connectivity index (χ3n) is 5.98. The first-order chi connectivity index (χ1) is 10.7. The topological polar surface area (TPSA) is 3.24 Å². The Bertz CT molecular complexity index is 669. The van der Waals surface area contributed by atoms with E-state index < -0.39 is 0 Å². The van der Waals surface area contributed by atoms with Crippen LogP contribution in [0.1, 0.15) is 42.4 Å². The summed E-state index contributed by atoms with van der Waals surface area (Å²) in [6, 6.07) is 20.9. The third-order valence-corrected chi connectivity index (χ3v) is 5.98. The summed E-state index contributed by atoms with van der Waals surface area (Å²) in [4.78, 5) is 2.60. The summed E-state index contributed by atoms with van der Waals surface area (Å²) in [5.41, 5.74) is 4.62. The van der Waals surface area contributed by atoms with Gasteiger partial charge in [0.1, 0.15) is 0 Å². The number of rotatable bonds is 1. The van der Waals surface area contributed by atoms with Crippen LogP contribution in [-0.4, -0.2) is 24.5 Å². The second kappa shape index (κ2) is 6.30. The Morgan fingerprint density at radius 2 is 1.48 bits per heavy atom. The van der Waals surface area contributed by atoms with Crippen LogP contribution in [0.25, 0.3) is 0 Å². The van der Waals surface area contributed by atoms with E-state index in [1.807, 2.05) is 0 Å². The second-order valence-corrected chi connectivity index (χ2v) is 7.31. The molecule has 1 aliphatic heterocycles. The molecule has 0 N–H and O–H groups in total. The van der Waals surface area contributed by atoms with Gasteiger partial charge in [-0.3, -0.25) is 0 Å². The van der Waals surface area contributed by atoms with Crippen molar-refractivity contribution in [3.8, 4) is 0 Å². The molecule has 1 nitrogen and oxygen atoms in total. The molecule has 23 heavy (non-hydrogen) atoms. The fraction of sp³-hybridized carbons (Fsp3) is 0.429. The van der Waals surface area contributed by atoms with Crippen molar-refractivity contribution in [2.45, 2.75) is 31.7 Å². The summed E-state index contributed by atoms with van der Waals surface area (Å²) in [6.45, 7) is 6.10. The third kappa shape index (κ3) is 2.51. The molecule has 1 heterocycles. The smallest absolute Gasteiger partial charge is 0.0199 e. The Balaban J connectivity index is 0.00000156. The van der Waals surface area contributed by atoms with Crippen LogP contribution in [0, 0.1) is 11.8 Å². The van der Waals surface area contributed by atoms with Gasteiger partial charge in [-0.1, -0.05) is 68.4 Å². The van der Waals surface area contributed by atoms with Gasteiger partial charge >= 0.3 is 0 Å². The lowest BCUT2D eigenvalue weighted by Crippen LogP contribution is -2.41. The number of fused-ring (bicyclic) bond motifs is 3. The average molecular weight is 328 g/mol. The van der Waals surface area contributed by atoms with Crippen molar-refractivity contribution in [2.75, 3.05) is 13.6 Å². The lowest BCUT2D eigenvalue weighted by atomic mass is 9.64. The Hall–Kier alpha value is -1.31. The molecule has 5 unspecified atom stereocenters. The Morgan fingerprint density at radius 1 is 0.870 bits per heavy atom. The monoisotopic (exact) mass is 327 g/mol. The first-order valence-electron chi connectivity index (χ1n) is 8.52. The van der Waals surface area contributed by atoms with E-state index in [2.05, 4.69) is 80.4 Å². The number of nitrogens with zero attached hydrogens (tertiary/aromatic N) is 1. The molecule has 1 saturated heterocycles. The van der Waals surface area contributed by atoms with E-state index in [1.54, 1.807) is 11.1 Å². The van der Waals surface area contributed by atoms with Crippen molar-refractivity contribution in [3.63, 3.8) is 0 Å². The van der Waals surface area contributed by atoms with Crippen LogP contribution in [0.5, 0.6) is 0 Å². The highest BCUT2D eigenvalue weighted by molar-refractivity contribution is 5.85. The fourth-order valence-corrected chi connectivity index (χ4v) is 5.24. The molecule has 0 saturated carbocycles. The number of hydrogen-bond acceptors (Lipinski definition) is 1. The van der Waals surface area contributed by atoms with Crippen molar-refractivity contribution < 1.29 is 0 Å². The largest absolute Gasteiger partial charge is 0.302 e. The van der Waals surface area contributed by atoms with E-state index >= 15 is 0 Å². The maximum Gasteiger partial charge on any atom is 0.0199 e. The Kier molecular flexibility index (Phi) is 4.53. The lowest BCUT2D eigenvalue weighted by Gasteiger charge is -2.43. The molecule has 2 heteroatoms. The van der Waals surface area contributed by atoms with Gasteiger partial charge in [0.25, 0.3) is 0 Å². The quantitative estimate of drug-likeness (QED) is 0.718. The van der Waals surface area contributed by atoms with Gasteiger partial charge in [-0.15, -0.1) is 12.4 Å². The normalized spacial score (nSPS) is 32.7. The molecular weight excluding hydrogens is 302 g/mol. The molecule has 1 aliphatic carbocycles. The maximum atomic E-state index is 2.60. The molecule has 0 amide bonds. The van der Waals surface area contributed by atoms with Crippen molar-refractivity contribution >= 4 is 12.4 Å². The minimum atomic E-state index is 0. The van der Waals surface area contributed by atoms with Gasteiger partial charge in [-0.05, 0) is 35.6 Å². The molecule has 122 valence electrons. The fourth-order valence-electron chi connectivity index (χ4n) is 5.24. The average Bonchev–Trinajstić information content (AvgIpc) is 2.84. The minimum absolute atomic E-state index is 0. The number of hydrogen-bond donors (Lipinski definition) is 0. The Labute approximate surface area is 146 Å². The molecule has 0 spiro atoms. The first kappa shape index (κ1) is 16.5. The van der Waals surface area contributed by atoms with Crippen LogP contribution >= 0.6 is 12.4 Å². The zero-order valence-corrected chi connectivity index (χ0v) is 15.0. The number of halogens is 1. The van der Waals surface area contributed by atoms with Crippen LogP contribution in [0.3, 0.4) is 0 Å². The number of likely N-dealkylation sites (tertiary alicyclic amines) is 1. The van der Waals surface area contributed by atoms with E-state index in [-0.39, 0.29) is 12.4 Å². The van der Waals surface area contributed by atoms with Gasteiger partial charge in [0.15, 0.2) is 0 Å². The predicted molar refractivity (Wildman–Crippen MR) is 99.5 cm³/mol. The SMILES string of the molecule is CC1CN(C)C2C(C)C(c3ccccc3)c3ccccc3C12.Cl. The molecule has 0 bridgehead atoms. The number of benzene rings is 2. The molecule has 1 fully saturated rings. The summed E-state index contributed by atoms with van der Waals surface area (Å²) in [5.74, 6) is 2.61. The van der Waals surface area contributed by atoms with Gasteiger partial charge in [0.05, 0.1) is 0 Å². The molecule has 2 aromatic rings. The van der Waals surface area contributed by atoms with E-state index in [1.165, 1.54) is 12.1 Å². The summed E-state index contributed by atoms with van der Waals surface area (Å²) >= 11 is 0. The van der Waals surface area contributed by atoms with E-state index in [0.29, 0.717) is 23.8 Å². The number of likely N-dealkylation sites (N-methyl/N-ethyl adjacent to an activating group) is 1. The van der Waals surface area contributed by atoms with Gasteiger partial charge in [-0.25, -0.2) is 0 Å². The molecular formula is C21H26ClN. The second-order valence-electron chi connectivity index (χ2n) is 7.31. The van der Waals surface area contributed by atoms with Gasteiger partial charge in [0.2, 0.25) is 0 Å². The van der Waals surface area contributed by atoms with Crippen LogP contribution in [0.2, 0.25) is 0 Å². The van der Waals surface area contributed by atoms with Gasteiger partial charge < -0.3 is 4.90 Å². The molecule has 2 aromatic carbocycles. The molecule has 5 atom stereocenters. The summed E-state index contributed by atoms with van der Waals surface area (Å²) in [5, 5.41) is 0. The van der Waals surface area contributed by atoms with Gasteiger partial charge in [0, 0.05) is 24.4 Å². The van der Waals surface area contributed by atoms with Crippen LogP contribution in [0.15, 0.2) is 54.6 Å². The van der Waals surface area contributed by atoms with Crippen molar-refractivity contribution in [1.82, 2.24) is 4.90 Å². The Morgan fingerprint density at radius 3 is 2.17 bits per heavy atom. The zero-order chi connectivity index (χ0) is 15.3. The van der Waals surface area contributed by atoms with Crippen molar-refractivity contribution in [2.24, 2.45) is 11.8 Å². The van der Waals surface area contributed by atoms with Gasteiger partial charge in [-0.2, -0.15) is 0 Å². The highest BCUT2D eigenvalue weighted by Crippen LogP contribution is 2.52. The molecule has 0 aromatic heterocycles. The van der Waals surface area contributed by atoms with Crippen molar-refractivity contribution in [1.29, 1.82) is 0 Å². The zero-order valence-electron chi connectivity index (χ0n) is 14.1. The summed E-state index contributed by atoms with van der Waals surface area (Å²) in [7, 11) is 2.31. The van der Waals surface area contributed by atoms with Crippen LogP contribution < -0.4 is 0 Å².